The van der Waals surface area contributed by atoms with Crippen LogP contribution in [0.25, 0.3) is 10.2 Å². The Kier molecular flexibility index (Phi) is 6.16. The van der Waals surface area contributed by atoms with Crippen LogP contribution in [0.5, 0.6) is 0 Å². The molecule has 4 nitrogen and oxygen atoms in total. The van der Waals surface area contributed by atoms with Crippen molar-refractivity contribution >= 4 is 32.6 Å². The summed E-state index contributed by atoms with van der Waals surface area (Å²) in [6.07, 6.45) is 0.403. The molecule has 5 heteroatoms. The van der Waals surface area contributed by atoms with Crippen LogP contribution in [0, 0.1) is 27.7 Å². The Morgan fingerprint density at radius 3 is 2.29 bits per heavy atom. The lowest BCUT2D eigenvalue weighted by molar-refractivity contribution is -0.118. The molecule has 0 fully saturated rings. The molecule has 148 valence electrons. The van der Waals surface area contributed by atoms with E-state index in [1.54, 1.807) is 11.3 Å². The maximum absolute atomic E-state index is 13.3. The molecule has 0 radical (unpaired) electrons. The van der Waals surface area contributed by atoms with Crippen molar-refractivity contribution in [3.8, 4) is 0 Å². The Labute approximate surface area is 171 Å². The van der Waals surface area contributed by atoms with E-state index in [4.69, 9.17) is 4.98 Å². The third-order valence-electron chi connectivity index (χ3n) is 5.00. The van der Waals surface area contributed by atoms with Gasteiger partial charge < -0.3 is 4.90 Å². The van der Waals surface area contributed by atoms with Crippen LogP contribution in [0.1, 0.15) is 27.8 Å². The number of carbonyl (C=O) groups is 1. The van der Waals surface area contributed by atoms with Crippen molar-refractivity contribution in [3.63, 3.8) is 0 Å². The van der Waals surface area contributed by atoms with Crippen molar-refractivity contribution in [2.75, 3.05) is 32.1 Å². The Bertz CT molecular complexity index is 983. The van der Waals surface area contributed by atoms with Gasteiger partial charge in [-0.2, -0.15) is 0 Å². The molecular formula is C23H29N3OS. The van der Waals surface area contributed by atoms with Crippen molar-refractivity contribution in [1.29, 1.82) is 0 Å². The normalized spacial score (nSPS) is 11.4. The summed E-state index contributed by atoms with van der Waals surface area (Å²) in [5.74, 6) is 0.104. The van der Waals surface area contributed by atoms with Gasteiger partial charge in [0.15, 0.2) is 5.13 Å². The molecule has 28 heavy (non-hydrogen) atoms. The van der Waals surface area contributed by atoms with Crippen molar-refractivity contribution in [2.24, 2.45) is 0 Å². The van der Waals surface area contributed by atoms with Crippen LogP contribution in [0.2, 0.25) is 0 Å². The lowest BCUT2D eigenvalue weighted by atomic mass is 9.97. The Hall–Kier alpha value is -2.24. The zero-order valence-corrected chi connectivity index (χ0v) is 18.5. The molecule has 1 heterocycles. The minimum Gasteiger partial charge on any atom is -0.308 e. The number of thiazole rings is 1. The zero-order chi connectivity index (χ0) is 20.4. The number of aromatic nitrogens is 1. The first-order valence-electron chi connectivity index (χ1n) is 9.63. The average Bonchev–Trinajstić information content (AvgIpc) is 3.00. The van der Waals surface area contributed by atoms with Crippen LogP contribution in [0.3, 0.4) is 0 Å². The van der Waals surface area contributed by atoms with E-state index in [1.807, 2.05) is 25.1 Å². The number of anilines is 1. The van der Waals surface area contributed by atoms with Gasteiger partial charge in [0.25, 0.3) is 0 Å². The quantitative estimate of drug-likeness (QED) is 0.609. The molecule has 0 saturated heterocycles. The van der Waals surface area contributed by atoms with Gasteiger partial charge in [-0.15, -0.1) is 0 Å². The van der Waals surface area contributed by atoms with E-state index in [-0.39, 0.29) is 5.91 Å². The highest BCUT2D eigenvalue weighted by molar-refractivity contribution is 7.22. The van der Waals surface area contributed by atoms with Gasteiger partial charge >= 0.3 is 0 Å². The summed E-state index contributed by atoms with van der Waals surface area (Å²) in [5.41, 5.74) is 6.88. The molecule has 3 rings (SSSR count). The van der Waals surface area contributed by atoms with Gasteiger partial charge in [-0.05, 0) is 76.2 Å². The topological polar surface area (TPSA) is 36.4 Å². The number of hydrogen-bond donors (Lipinski definition) is 0. The Morgan fingerprint density at radius 2 is 1.64 bits per heavy atom. The third kappa shape index (κ3) is 4.59. The minimum atomic E-state index is 0.104. The van der Waals surface area contributed by atoms with E-state index in [1.165, 1.54) is 22.3 Å². The predicted octanol–water partition coefficient (Wildman–Crippen LogP) is 4.67. The number of aryl methyl sites for hydroxylation is 4. The van der Waals surface area contributed by atoms with E-state index in [9.17, 15) is 4.79 Å². The molecule has 0 aliphatic heterocycles. The first-order valence-corrected chi connectivity index (χ1v) is 10.5. The van der Waals surface area contributed by atoms with Gasteiger partial charge in [0.2, 0.25) is 5.91 Å². The SMILES string of the molecule is Cc1cc(C)c(CC(=O)N(CCN(C)C)c2nc3ccc(C)cc3s2)c(C)c1. The van der Waals surface area contributed by atoms with Crippen molar-refractivity contribution in [3.05, 3.63) is 58.1 Å². The van der Waals surface area contributed by atoms with Gasteiger partial charge in [0.05, 0.1) is 16.6 Å². The lowest BCUT2D eigenvalue weighted by Gasteiger charge is -2.23. The first kappa shape index (κ1) is 20.5. The highest BCUT2D eigenvalue weighted by atomic mass is 32.1. The first-order chi connectivity index (χ1) is 13.2. The largest absolute Gasteiger partial charge is 0.308 e. The fraction of sp³-hybridized carbons (Fsp3) is 0.391. The van der Waals surface area contributed by atoms with Gasteiger partial charge in [-0.25, -0.2) is 4.98 Å². The maximum Gasteiger partial charge on any atom is 0.233 e. The highest BCUT2D eigenvalue weighted by Crippen LogP contribution is 2.30. The van der Waals surface area contributed by atoms with Gasteiger partial charge in [-0.3, -0.25) is 9.69 Å². The van der Waals surface area contributed by atoms with Gasteiger partial charge in [0, 0.05) is 13.1 Å². The van der Waals surface area contributed by atoms with E-state index in [2.05, 4.69) is 56.9 Å². The number of carbonyl (C=O) groups excluding carboxylic acids is 1. The summed E-state index contributed by atoms with van der Waals surface area (Å²) in [7, 11) is 4.05. The van der Waals surface area contributed by atoms with Gasteiger partial charge in [-0.1, -0.05) is 35.1 Å². The average molecular weight is 396 g/mol. The van der Waals surface area contributed by atoms with E-state index in [0.717, 1.165) is 27.5 Å². The molecule has 0 aliphatic rings. The molecule has 1 amide bonds. The van der Waals surface area contributed by atoms with Crippen molar-refractivity contribution in [1.82, 2.24) is 9.88 Å². The van der Waals surface area contributed by atoms with Crippen LogP contribution in [0.15, 0.2) is 30.3 Å². The highest BCUT2D eigenvalue weighted by Gasteiger charge is 2.21. The molecule has 2 aromatic carbocycles. The number of amides is 1. The standard InChI is InChI=1S/C23H29N3OS/c1-15-7-8-20-21(13-15)28-23(24-20)26(10-9-25(5)6)22(27)14-19-17(3)11-16(2)12-18(19)4/h7-8,11-13H,9-10,14H2,1-6H3. The zero-order valence-electron chi connectivity index (χ0n) is 17.7. The van der Waals surface area contributed by atoms with Crippen LogP contribution >= 0.6 is 11.3 Å². The Balaban J connectivity index is 1.93. The summed E-state index contributed by atoms with van der Waals surface area (Å²) in [4.78, 5) is 22.0. The van der Waals surface area contributed by atoms with E-state index < -0.39 is 0 Å². The number of fused-ring (bicyclic) bond motifs is 1. The lowest BCUT2D eigenvalue weighted by Crippen LogP contribution is -2.37. The summed E-state index contributed by atoms with van der Waals surface area (Å²) < 4.78 is 1.13. The summed E-state index contributed by atoms with van der Waals surface area (Å²) in [5, 5.41) is 0.787. The second-order valence-corrected chi connectivity index (χ2v) is 8.88. The molecular weight excluding hydrogens is 366 g/mol. The second-order valence-electron chi connectivity index (χ2n) is 7.87. The molecule has 1 aromatic heterocycles. The smallest absolute Gasteiger partial charge is 0.233 e. The molecule has 3 aromatic rings. The molecule has 0 saturated carbocycles. The van der Waals surface area contributed by atoms with Crippen molar-refractivity contribution in [2.45, 2.75) is 34.1 Å². The predicted molar refractivity (Wildman–Crippen MR) is 120 cm³/mol. The Morgan fingerprint density at radius 1 is 0.964 bits per heavy atom. The number of benzene rings is 2. The van der Waals surface area contributed by atoms with Crippen LogP contribution in [0.4, 0.5) is 5.13 Å². The molecule has 0 bridgehead atoms. The fourth-order valence-electron chi connectivity index (χ4n) is 3.50. The van der Waals surface area contributed by atoms with E-state index in [0.29, 0.717) is 13.0 Å². The number of likely N-dealkylation sites (N-methyl/N-ethyl adjacent to an activating group) is 1. The summed E-state index contributed by atoms with van der Waals surface area (Å²) in [6.45, 7) is 9.79. The molecule has 0 unspecified atom stereocenters. The maximum atomic E-state index is 13.3. The van der Waals surface area contributed by atoms with Crippen LogP contribution < -0.4 is 4.90 Å². The number of rotatable bonds is 6. The summed E-state index contributed by atoms with van der Waals surface area (Å²) >= 11 is 1.60. The van der Waals surface area contributed by atoms with Crippen LogP contribution in [-0.4, -0.2) is 43.0 Å². The number of hydrogen-bond acceptors (Lipinski definition) is 4. The number of nitrogens with zero attached hydrogens (tertiary/aromatic N) is 3. The molecule has 0 N–H and O–H groups in total. The van der Waals surface area contributed by atoms with Crippen LogP contribution in [-0.2, 0) is 11.2 Å². The van der Waals surface area contributed by atoms with Crippen molar-refractivity contribution < 1.29 is 4.79 Å². The monoisotopic (exact) mass is 395 g/mol. The molecule has 0 aliphatic carbocycles. The second kappa shape index (κ2) is 8.41. The molecule has 0 spiro atoms. The third-order valence-corrected chi connectivity index (χ3v) is 6.04. The minimum absolute atomic E-state index is 0.104. The van der Waals surface area contributed by atoms with Gasteiger partial charge in [0.1, 0.15) is 0 Å². The fourth-order valence-corrected chi connectivity index (χ4v) is 4.60. The van der Waals surface area contributed by atoms with E-state index >= 15 is 0 Å². The molecule has 0 atom stereocenters. The summed E-state index contributed by atoms with van der Waals surface area (Å²) in [6, 6.07) is 10.5.